The Kier molecular flexibility index (Phi) is 4.34. The fourth-order valence-corrected chi connectivity index (χ4v) is 2.24. The van der Waals surface area contributed by atoms with Crippen LogP contribution in [0.2, 0.25) is 0 Å². The molecule has 0 unspecified atom stereocenters. The van der Waals surface area contributed by atoms with Crippen LogP contribution >= 0.6 is 0 Å². The van der Waals surface area contributed by atoms with Gasteiger partial charge >= 0.3 is 0 Å². The largest absolute Gasteiger partial charge is 0.361 e. The number of carbonyl (C=O) groups is 2. The molecule has 0 aliphatic carbocycles. The lowest BCUT2D eigenvalue weighted by Crippen LogP contribution is -2.41. The molecule has 0 aliphatic heterocycles. The summed E-state index contributed by atoms with van der Waals surface area (Å²) in [6.45, 7) is 5.27. The predicted molar refractivity (Wildman–Crippen MR) is 87.6 cm³/mol. The van der Waals surface area contributed by atoms with Gasteiger partial charge in [-0.05, 0) is 32.9 Å². The molecule has 3 aromatic rings. The topological polar surface area (TPSA) is 110 Å². The summed E-state index contributed by atoms with van der Waals surface area (Å²) in [7, 11) is 0. The van der Waals surface area contributed by atoms with Gasteiger partial charge in [0.1, 0.15) is 11.3 Å². The first-order valence-corrected chi connectivity index (χ1v) is 7.53. The van der Waals surface area contributed by atoms with E-state index in [4.69, 9.17) is 9.05 Å². The minimum Gasteiger partial charge on any atom is -0.361 e. The van der Waals surface area contributed by atoms with Crippen LogP contribution < -0.4 is 10.9 Å². The Morgan fingerprint density at radius 3 is 2.24 bits per heavy atom. The first-order valence-electron chi connectivity index (χ1n) is 7.53. The molecule has 2 heterocycles. The summed E-state index contributed by atoms with van der Waals surface area (Å²) in [5.41, 5.74) is 7.10. The number of hydrogen-bond acceptors (Lipinski definition) is 6. The molecule has 0 saturated heterocycles. The van der Waals surface area contributed by atoms with Gasteiger partial charge in [-0.2, -0.15) is 0 Å². The van der Waals surface area contributed by atoms with Gasteiger partial charge in [0.2, 0.25) is 5.76 Å². The van der Waals surface area contributed by atoms with Gasteiger partial charge in [0, 0.05) is 11.6 Å². The molecule has 2 amide bonds. The van der Waals surface area contributed by atoms with Crippen LogP contribution in [0.25, 0.3) is 11.5 Å². The monoisotopic (exact) mass is 340 g/mol. The van der Waals surface area contributed by atoms with Crippen LogP contribution in [0.5, 0.6) is 0 Å². The van der Waals surface area contributed by atoms with E-state index in [0.29, 0.717) is 22.7 Å². The van der Waals surface area contributed by atoms with Gasteiger partial charge in [0.15, 0.2) is 5.69 Å². The second kappa shape index (κ2) is 6.60. The zero-order valence-electron chi connectivity index (χ0n) is 13.9. The Hall–Kier alpha value is -3.42. The van der Waals surface area contributed by atoms with Crippen molar-refractivity contribution in [2.75, 3.05) is 0 Å². The van der Waals surface area contributed by atoms with E-state index in [9.17, 15) is 9.59 Å². The molecule has 0 radical (unpaired) electrons. The van der Waals surface area contributed by atoms with Gasteiger partial charge in [-0.3, -0.25) is 20.4 Å². The average molecular weight is 340 g/mol. The highest BCUT2D eigenvalue weighted by atomic mass is 16.5. The number of amides is 2. The predicted octanol–water partition coefficient (Wildman–Crippen LogP) is 2.33. The maximum Gasteiger partial charge on any atom is 0.275 e. The number of aromatic nitrogens is 2. The van der Waals surface area contributed by atoms with Crippen LogP contribution in [-0.2, 0) is 0 Å². The molecular weight excluding hydrogens is 324 g/mol. The number of rotatable bonds is 3. The third kappa shape index (κ3) is 3.42. The van der Waals surface area contributed by atoms with Crippen molar-refractivity contribution in [1.82, 2.24) is 21.2 Å². The second-order valence-corrected chi connectivity index (χ2v) is 5.57. The fraction of sp³-hybridized carbons (Fsp3) is 0.176. The molecule has 2 aromatic heterocycles. The molecule has 0 bridgehead atoms. The van der Waals surface area contributed by atoms with E-state index in [-0.39, 0.29) is 11.3 Å². The van der Waals surface area contributed by atoms with Gasteiger partial charge in [-0.1, -0.05) is 28.0 Å². The van der Waals surface area contributed by atoms with E-state index in [0.717, 1.165) is 5.56 Å². The van der Waals surface area contributed by atoms with E-state index in [1.807, 2.05) is 19.1 Å². The first-order chi connectivity index (χ1) is 12.0. The number of nitrogens with zero attached hydrogens (tertiary/aromatic N) is 2. The maximum atomic E-state index is 12.4. The molecule has 0 spiro atoms. The number of carbonyl (C=O) groups excluding carboxylic acids is 2. The molecule has 0 atom stereocenters. The Morgan fingerprint density at radius 2 is 1.60 bits per heavy atom. The van der Waals surface area contributed by atoms with E-state index >= 15 is 0 Å². The summed E-state index contributed by atoms with van der Waals surface area (Å²) in [6, 6.07) is 8.59. The van der Waals surface area contributed by atoms with Crippen molar-refractivity contribution < 1.29 is 18.6 Å². The SMILES string of the molecule is Cc1ccc(C(=O)NNC(=O)c2c(C)noc2-c2cc(C)on2)cc1. The van der Waals surface area contributed by atoms with Gasteiger partial charge in [-0.15, -0.1) is 0 Å². The highest BCUT2D eigenvalue weighted by Crippen LogP contribution is 2.25. The van der Waals surface area contributed by atoms with E-state index in [1.165, 1.54) is 0 Å². The third-order valence-electron chi connectivity index (χ3n) is 3.55. The Labute approximate surface area is 143 Å². The van der Waals surface area contributed by atoms with Gasteiger partial charge in [0.25, 0.3) is 11.8 Å². The minimum absolute atomic E-state index is 0.177. The van der Waals surface area contributed by atoms with Crippen molar-refractivity contribution >= 4 is 11.8 Å². The summed E-state index contributed by atoms with van der Waals surface area (Å²) in [5.74, 6) is -0.240. The standard InChI is InChI=1S/C17H16N4O4/c1-9-4-6-12(7-5-9)16(22)18-19-17(23)14-11(3)20-25-15(14)13-8-10(2)24-21-13/h4-8H,1-3H3,(H,18,22)(H,19,23). The summed E-state index contributed by atoms with van der Waals surface area (Å²) < 4.78 is 10.2. The van der Waals surface area contributed by atoms with Crippen LogP contribution in [0.15, 0.2) is 39.4 Å². The third-order valence-corrected chi connectivity index (χ3v) is 3.55. The van der Waals surface area contributed by atoms with Crippen LogP contribution in [0, 0.1) is 20.8 Å². The Balaban J connectivity index is 1.75. The molecule has 8 nitrogen and oxygen atoms in total. The highest BCUT2D eigenvalue weighted by Gasteiger charge is 2.24. The van der Waals surface area contributed by atoms with Crippen molar-refractivity contribution in [3.05, 3.63) is 58.5 Å². The number of hydrogen-bond donors (Lipinski definition) is 2. The van der Waals surface area contributed by atoms with Gasteiger partial charge in [-0.25, -0.2) is 0 Å². The van der Waals surface area contributed by atoms with Crippen LogP contribution in [0.3, 0.4) is 0 Å². The van der Waals surface area contributed by atoms with Crippen LogP contribution in [0.4, 0.5) is 0 Å². The van der Waals surface area contributed by atoms with Crippen molar-refractivity contribution in [3.63, 3.8) is 0 Å². The Morgan fingerprint density at radius 1 is 0.920 bits per heavy atom. The van der Waals surface area contributed by atoms with E-state index in [1.54, 1.807) is 32.0 Å². The lowest BCUT2D eigenvalue weighted by molar-refractivity contribution is 0.0846. The number of hydrazine groups is 1. The molecule has 0 aliphatic rings. The molecule has 25 heavy (non-hydrogen) atoms. The van der Waals surface area contributed by atoms with Crippen molar-refractivity contribution in [3.8, 4) is 11.5 Å². The summed E-state index contributed by atoms with van der Waals surface area (Å²) in [6.07, 6.45) is 0. The smallest absolute Gasteiger partial charge is 0.275 e. The quantitative estimate of drug-likeness (QED) is 0.708. The number of nitrogens with one attached hydrogen (secondary N) is 2. The first kappa shape index (κ1) is 16.4. The lowest BCUT2D eigenvalue weighted by atomic mass is 10.1. The summed E-state index contributed by atoms with van der Waals surface area (Å²) in [4.78, 5) is 24.5. The maximum absolute atomic E-state index is 12.4. The molecule has 0 fully saturated rings. The Bertz CT molecular complexity index is 925. The number of benzene rings is 1. The molecule has 2 N–H and O–H groups in total. The highest BCUT2D eigenvalue weighted by molar-refractivity contribution is 6.02. The van der Waals surface area contributed by atoms with Gasteiger partial charge in [0.05, 0.1) is 5.69 Å². The zero-order valence-corrected chi connectivity index (χ0v) is 13.9. The molecule has 128 valence electrons. The fourth-order valence-electron chi connectivity index (χ4n) is 2.24. The lowest BCUT2D eigenvalue weighted by Gasteiger charge is -2.07. The normalized spacial score (nSPS) is 10.5. The molecular formula is C17H16N4O4. The average Bonchev–Trinajstić information content (AvgIpc) is 3.18. The van der Waals surface area contributed by atoms with Crippen molar-refractivity contribution in [2.24, 2.45) is 0 Å². The van der Waals surface area contributed by atoms with Crippen LogP contribution in [0.1, 0.15) is 37.7 Å². The molecule has 3 rings (SSSR count). The van der Waals surface area contributed by atoms with E-state index < -0.39 is 11.8 Å². The summed E-state index contributed by atoms with van der Waals surface area (Å²) >= 11 is 0. The van der Waals surface area contributed by atoms with Crippen molar-refractivity contribution in [1.29, 1.82) is 0 Å². The van der Waals surface area contributed by atoms with Gasteiger partial charge < -0.3 is 9.05 Å². The molecule has 0 saturated carbocycles. The molecule has 1 aromatic carbocycles. The van der Waals surface area contributed by atoms with Crippen LogP contribution in [-0.4, -0.2) is 22.1 Å². The molecule has 8 heteroatoms. The van der Waals surface area contributed by atoms with Crippen molar-refractivity contribution in [2.45, 2.75) is 20.8 Å². The zero-order chi connectivity index (χ0) is 18.0. The van der Waals surface area contributed by atoms with E-state index in [2.05, 4.69) is 21.2 Å². The summed E-state index contributed by atoms with van der Waals surface area (Å²) in [5, 5.41) is 7.61. The minimum atomic E-state index is -0.560. The second-order valence-electron chi connectivity index (χ2n) is 5.57. The number of aryl methyl sites for hydroxylation is 3.